The molecule has 3 nitrogen and oxygen atoms in total. The summed E-state index contributed by atoms with van der Waals surface area (Å²) >= 11 is 0. The Morgan fingerprint density at radius 2 is 2.05 bits per heavy atom. The molecule has 0 aliphatic heterocycles. The molecule has 0 amide bonds. The second-order valence-corrected chi connectivity index (χ2v) is 4.93. The van der Waals surface area contributed by atoms with Gasteiger partial charge in [-0.25, -0.2) is 0 Å². The first kappa shape index (κ1) is 11.9. The zero-order valence-electron chi connectivity index (χ0n) is 10.8. The molecular weight excluding hydrogens is 238 g/mol. The zero-order valence-corrected chi connectivity index (χ0v) is 10.8. The summed E-state index contributed by atoms with van der Waals surface area (Å²) in [7, 11) is 0. The number of benzene rings is 1. The van der Waals surface area contributed by atoms with E-state index in [0.29, 0.717) is 17.2 Å². The Kier molecular flexibility index (Phi) is 3.03. The van der Waals surface area contributed by atoms with Crippen molar-refractivity contribution < 1.29 is 9.53 Å². The van der Waals surface area contributed by atoms with Gasteiger partial charge in [0.25, 0.3) is 0 Å². The van der Waals surface area contributed by atoms with Gasteiger partial charge in [0.15, 0.2) is 5.78 Å². The van der Waals surface area contributed by atoms with Crippen LogP contribution < -0.4 is 4.74 Å². The Morgan fingerprint density at radius 1 is 1.21 bits per heavy atom. The van der Waals surface area contributed by atoms with E-state index < -0.39 is 0 Å². The summed E-state index contributed by atoms with van der Waals surface area (Å²) in [6.45, 7) is 1.93. The predicted molar refractivity (Wildman–Crippen MR) is 72.5 cm³/mol. The molecule has 1 aliphatic carbocycles. The van der Waals surface area contributed by atoms with Gasteiger partial charge in [-0.2, -0.15) is 0 Å². The van der Waals surface area contributed by atoms with Crippen molar-refractivity contribution in [1.82, 2.24) is 4.98 Å². The van der Waals surface area contributed by atoms with E-state index >= 15 is 0 Å². The van der Waals surface area contributed by atoms with Gasteiger partial charge in [-0.05, 0) is 43.5 Å². The maximum atomic E-state index is 12.4. The minimum Gasteiger partial charge on any atom is -0.490 e. The molecule has 96 valence electrons. The Morgan fingerprint density at radius 3 is 2.79 bits per heavy atom. The van der Waals surface area contributed by atoms with Crippen LogP contribution in [-0.2, 0) is 0 Å². The van der Waals surface area contributed by atoms with Crippen LogP contribution in [0.25, 0.3) is 0 Å². The van der Waals surface area contributed by atoms with Gasteiger partial charge in [0.2, 0.25) is 0 Å². The second-order valence-electron chi connectivity index (χ2n) is 4.93. The summed E-state index contributed by atoms with van der Waals surface area (Å²) in [6.07, 6.45) is 5.90. The second kappa shape index (κ2) is 4.84. The number of hydrogen-bond donors (Lipinski definition) is 0. The van der Waals surface area contributed by atoms with Crippen molar-refractivity contribution in [3.8, 4) is 5.75 Å². The van der Waals surface area contributed by atoms with Crippen molar-refractivity contribution in [3.63, 3.8) is 0 Å². The van der Waals surface area contributed by atoms with Gasteiger partial charge in [-0.3, -0.25) is 9.78 Å². The standard InChI is InChI=1S/C16H15NO2/c1-11-7-13(10-17-9-11)16(18)12-3-2-4-15(8-12)19-14-5-6-14/h2-4,7-10,14H,5-6H2,1H3. The minimum absolute atomic E-state index is 0.0163. The molecule has 0 unspecified atom stereocenters. The summed E-state index contributed by atoms with van der Waals surface area (Å²) < 4.78 is 5.71. The van der Waals surface area contributed by atoms with E-state index in [1.807, 2.05) is 37.3 Å². The Bertz CT molecular complexity index is 618. The number of aryl methyl sites for hydroxylation is 1. The number of pyridine rings is 1. The average molecular weight is 253 g/mol. The molecule has 1 heterocycles. The van der Waals surface area contributed by atoms with E-state index in [2.05, 4.69) is 4.98 Å². The fraction of sp³-hybridized carbons (Fsp3) is 0.250. The first-order valence-corrected chi connectivity index (χ1v) is 6.45. The molecular formula is C16H15NO2. The maximum absolute atomic E-state index is 12.4. The van der Waals surface area contributed by atoms with Crippen LogP contribution in [0.3, 0.4) is 0 Å². The average Bonchev–Trinajstić information content (AvgIpc) is 3.22. The number of carbonyl (C=O) groups excluding carboxylic acids is 1. The molecule has 19 heavy (non-hydrogen) atoms. The predicted octanol–water partition coefficient (Wildman–Crippen LogP) is 3.16. The molecule has 0 saturated heterocycles. The largest absolute Gasteiger partial charge is 0.490 e. The summed E-state index contributed by atoms with van der Waals surface area (Å²) in [5.74, 6) is 0.756. The van der Waals surface area contributed by atoms with Crippen molar-refractivity contribution in [2.75, 3.05) is 0 Å². The number of hydrogen-bond acceptors (Lipinski definition) is 3. The van der Waals surface area contributed by atoms with E-state index in [0.717, 1.165) is 24.2 Å². The molecule has 3 rings (SSSR count). The van der Waals surface area contributed by atoms with Crippen molar-refractivity contribution in [2.24, 2.45) is 0 Å². The highest BCUT2D eigenvalue weighted by atomic mass is 16.5. The number of aromatic nitrogens is 1. The molecule has 0 bridgehead atoms. The first-order valence-electron chi connectivity index (χ1n) is 6.45. The fourth-order valence-electron chi connectivity index (χ4n) is 1.93. The van der Waals surface area contributed by atoms with Gasteiger partial charge in [-0.1, -0.05) is 12.1 Å². The lowest BCUT2D eigenvalue weighted by atomic mass is 10.0. The van der Waals surface area contributed by atoms with Crippen LogP contribution in [0.2, 0.25) is 0 Å². The monoisotopic (exact) mass is 253 g/mol. The van der Waals surface area contributed by atoms with Crippen LogP contribution in [-0.4, -0.2) is 16.9 Å². The summed E-state index contributed by atoms with van der Waals surface area (Å²) in [4.78, 5) is 16.4. The molecule has 0 radical (unpaired) electrons. The van der Waals surface area contributed by atoms with E-state index in [1.54, 1.807) is 12.4 Å². The first-order chi connectivity index (χ1) is 9.22. The van der Waals surface area contributed by atoms with Crippen LogP contribution in [0.5, 0.6) is 5.75 Å². The van der Waals surface area contributed by atoms with Crippen LogP contribution in [0.1, 0.15) is 34.3 Å². The molecule has 1 aliphatic rings. The van der Waals surface area contributed by atoms with Crippen LogP contribution in [0.15, 0.2) is 42.7 Å². The van der Waals surface area contributed by atoms with E-state index in [-0.39, 0.29) is 5.78 Å². The Labute approximate surface area is 112 Å². The summed E-state index contributed by atoms with van der Waals surface area (Å²) in [5, 5.41) is 0. The van der Waals surface area contributed by atoms with Crippen LogP contribution in [0, 0.1) is 6.92 Å². The highest BCUT2D eigenvalue weighted by molar-refractivity contribution is 6.09. The van der Waals surface area contributed by atoms with Gasteiger partial charge < -0.3 is 4.74 Å². The molecule has 0 N–H and O–H groups in total. The van der Waals surface area contributed by atoms with Crippen molar-refractivity contribution >= 4 is 5.78 Å². The molecule has 0 atom stereocenters. The van der Waals surface area contributed by atoms with Crippen molar-refractivity contribution in [2.45, 2.75) is 25.9 Å². The van der Waals surface area contributed by atoms with Gasteiger partial charge >= 0.3 is 0 Å². The van der Waals surface area contributed by atoms with Gasteiger partial charge in [0.1, 0.15) is 5.75 Å². The van der Waals surface area contributed by atoms with Gasteiger partial charge in [0.05, 0.1) is 6.10 Å². The highest BCUT2D eigenvalue weighted by Gasteiger charge is 2.23. The third-order valence-corrected chi connectivity index (χ3v) is 3.06. The van der Waals surface area contributed by atoms with Crippen LogP contribution >= 0.6 is 0 Å². The molecule has 1 aromatic carbocycles. The molecule has 2 aromatic rings. The third kappa shape index (κ3) is 2.81. The number of ether oxygens (including phenoxy) is 1. The smallest absolute Gasteiger partial charge is 0.194 e. The zero-order chi connectivity index (χ0) is 13.2. The number of nitrogens with zero attached hydrogens (tertiary/aromatic N) is 1. The SMILES string of the molecule is Cc1cncc(C(=O)c2cccc(OC3CC3)c2)c1. The number of ketones is 1. The summed E-state index contributed by atoms with van der Waals surface area (Å²) in [6, 6.07) is 9.22. The lowest BCUT2D eigenvalue weighted by molar-refractivity contribution is 0.103. The van der Waals surface area contributed by atoms with E-state index in [9.17, 15) is 4.79 Å². The molecule has 1 fully saturated rings. The van der Waals surface area contributed by atoms with Gasteiger partial charge in [0, 0.05) is 23.5 Å². The molecule has 1 saturated carbocycles. The lowest BCUT2D eigenvalue weighted by Crippen LogP contribution is -2.03. The minimum atomic E-state index is -0.0163. The highest BCUT2D eigenvalue weighted by Crippen LogP contribution is 2.27. The van der Waals surface area contributed by atoms with Crippen molar-refractivity contribution in [1.29, 1.82) is 0 Å². The maximum Gasteiger partial charge on any atom is 0.194 e. The van der Waals surface area contributed by atoms with Crippen molar-refractivity contribution in [3.05, 3.63) is 59.4 Å². The fourth-order valence-corrected chi connectivity index (χ4v) is 1.93. The molecule has 3 heteroatoms. The van der Waals surface area contributed by atoms with Crippen LogP contribution in [0.4, 0.5) is 0 Å². The third-order valence-electron chi connectivity index (χ3n) is 3.06. The molecule has 1 aromatic heterocycles. The topological polar surface area (TPSA) is 39.2 Å². The lowest BCUT2D eigenvalue weighted by Gasteiger charge is -2.06. The Hall–Kier alpha value is -2.16. The Balaban J connectivity index is 1.86. The number of carbonyl (C=O) groups is 1. The molecule has 0 spiro atoms. The quantitative estimate of drug-likeness (QED) is 0.786. The summed E-state index contributed by atoms with van der Waals surface area (Å²) in [5.41, 5.74) is 2.24. The van der Waals surface area contributed by atoms with E-state index in [1.165, 1.54) is 0 Å². The van der Waals surface area contributed by atoms with Gasteiger partial charge in [-0.15, -0.1) is 0 Å². The van der Waals surface area contributed by atoms with E-state index in [4.69, 9.17) is 4.74 Å². The normalized spacial score (nSPS) is 14.2. The number of rotatable bonds is 4.